The van der Waals surface area contributed by atoms with Gasteiger partial charge in [-0.2, -0.15) is 0 Å². The van der Waals surface area contributed by atoms with Crippen molar-refractivity contribution in [3.05, 3.63) is 66.1 Å². The molecule has 0 aliphatic carbocycles. The highest BCUT2D eigenvalue weighted by molar-refractivity contribution is 7.89. The van der Waals surface area contributed by atoms with Crippen LogP contribution in [0, 0.1) is 5.82 Å². The van der Waals surface area contributed by atoms with Crippen LogP contribution < -0.4 is 4.72 Å². The molecule has 1 atom stereocenters. The van der Waals surface area contributed by atoms with E-state index < -0.39 is 27.9 Å². The molecule has 3 aromatic rings. The molecule has 3 rings (SSSR count). The lowest BCUT2D eigenvalue weighted by Crippen LogP contribution is -2.26. The van der Waals surface area contributed by atoms with E-state index in [1.165, 1.54) is 12.1 Å². The Bertz CT molecular complexity index is 1070. The smallest absolute Gasteiger partial charge is 0.326 e. The summed E-state index contributed by atoms with van der Waals surface area (Å²) < 4.78 is 41.7. The predicted octanol–water partition coefficient (Wildman–Crippen LogP) is 2.95. The fourth-order valence-electron chi connectivity index (χ4n) is 2.93. The number of nitrogens with zero attached hydrogens (tertiary/aromatic N) is 1. The molecule has 2 N–H and O–H groups in total. The molecule has 0 amide bonds. The molecule has 1 heterocycles. The summed E-state index contributed by atoms with van der Waals surface area (Å²) in [5.41, 5.74) is 1.63. The molecule has 0 aliphatic rings. The fourth-order valence-corrected chi connectivity index (χ4v) is 3.96. The molecule has 6 nitrogen and oxygen atoms in total. The van der Waals surface area contributed by atoms with Gasteiger partial charge in [0, 0.05) is 23.6 Å². The average Bonchev–Trinajstić information content (AvgIpc) is 3.00. The van der Waals surface area contributed by atoms with Gasteiger partial charge in [0.15, 0.2) is 0 Å². The molecular weight excluding hydrogens is 371 g/mol. The van der Waals surface area contributed by atoms with Crippen molar-refractivity contribution in [2.75, 3.05) is 6.54 Å². The molecule has 8 heteroatoms. The highest BCUT2D eigenvalue weighted by Crippen LogP contribution is 2.25. The zero-order valence-corrected chi connectivity index (χ0v) is 15.4. The van der Waals surface area contributed by atoms with E-state index in [9.17, 15) is 22.7 Å². The average molecular weight is 390 g/mol. The lowest BCUT2D eigenvalue weighted by molar-refractivity contribution is -0.140. The van der Waals surface area contributed by atoms with E-state index in [1.54, 1.807) is 17.7 Å². The van der Waals surface area contributed by atoms with E-state index in [-0.39, 0.29) is 11.4 Å². The second kappa shape index (κ2) is 7.50. The Morgan fingerprint density at radius 1 is 1.19 bits per heavy atom. The number of para-hydroxylation sites is 1. The molecular formula is C19H19FN2O4S. The third-order valence-electron chi connectivity index (χ3n) is 4.41. The number of hydrogen-bond acceptors (Lipinski definition) is 3. The van der Waals surface area contributed by atoms with Crippen LogP contribution in [0.25, 0.3) is 10.9 Å². The van der Waals surface area contributed by atoms with Crippen LogP contribution in [-0.2, 0) is 21.2 Å². The minimum absolute atomic E-state index is 0.00849. The van der Waals surface area contributed by atoms with E-state index in [0.29, 0.717) is 6.42 Å². The third-order valence-corrected chi connectivity index (χ3v) is 5.89. The van der Waals surface area contributed by atoms with E-state index in [4.69, 9.17) is 0 Å². The first-order chi connectivity index (χ1) is 12.8. The van der Waals surface area contributed by atoms with Gasteiger partial charge in [0.1, 0.15) is 11.9 Å². The maximum atomic E-state index is 13.0. The molecule has 1 unspecified atom stereocenters. The number of rotatable bonds is 7. The number of aliphatic carboxylic acids is 1. The van der Waals surface area contributed by atoms with Crippen LogP contribution in [0.4, 0.5) is 4.39 Å². The maximum absolute atomic E-state index is 13.0. The zero-order valence-electron chi connectivity index (χ0n) is 14.6. The van der Waals surface area contributed by atoms with Gasteiger partial charge in [0.2, 0.25) is 10.0 Å². The number of nitrogens with one attached hydrogen (secondary N) is 1. The van der Waals surface area contributed by atoms with Gasteiger partial charge in [-0.05, 0) is 49.2 Å². The third kappa shape index (κ3) is 4.01. The lowest BCUT2D eigenvalue weighted by Gasteiger charge is -2.09. The van der Waals surface area contributed by atoms with Crippen LogP contribution in [0.5, 0.6) is 0 Å². The number of aromatic nitrogens is 1. The Kier molecular flexibility index (Phi) is 5.29. The number of benzene rings is 2. The fraction of sp³-hybridized carbons (Fsp3) is 0.211. The number of sulfonamides is 1. The number of halogens is 1. The molecule has 0 fully saturated rings. The number of carboxylic acid groups (broad SMARTS) is 1. The van der Waals surface area contributed by atoms with Crippen molar-refractivity contribution in [1.82, 2.24) is 9.29 Å². The second-order valence-electron chi connectivity index (χ2n) is 6.19. The molecule has 142 valence electrons. The minimum Gasteiger partial charge on any atom is -0.480 e. The van der Waals surface area contributed by atoms with Crippen LogP contribution in [0.15, 0.2) is 59.6 Å². The van der Waals surface area contributed by atoms with E-state index in [2.05, 4.69) is 4.72 Å². The molecule has 0 bridgehead atoms. The van der Waals surface area contributed by atoms with Crippen molar-refractivity contribution in [2.45, 2.75) is 24.3 Å². The Labute approximate surface area is 156 Å². The number of hydrogen-bond donors (Lipinski definition) is 2. The van der Waals surface area contributed by atoms with Gasteiger partial charge < -0.3 is 9.67 Å². The molecule has 0 spiro atoms. The van der Waals surface area contributed by atoms with Crippen LogP contribution in [0.3, 0.4) is 0 Å². The number of fused-ring (bicyclic) bond motifs is 1. The molecule has 1 aromatic heterocycles. The Morgan fingerprint density at radius 2 is 1.85 bits per heavy atom. The maximum Gasteiger partial charge on any atom is 0.326 e. The van der Waals surface area contributed by atoms with E-state index in [1.807, 2.05) is 24.3 Å². The van der Waals surface area contributed by atoms with E-state index >= 15 is 0 Å². The lowest BCUT2D eigenvalue weighted by atomic mass is 10.1. The van der Waals surface area contributed by atoms with Crippen molar-refractivity contribution in [3.8, 4) is 0 Å². The normalized spacial score (nSPS) is 13.0. The number of carbonyl (C=O) groups is 1. The molecule has 0 radical (unpaired) electrons. The molecule has 0 saturated carbocycles. The van der Waals surface area contributed by atoms with Crippen molar-refractivity contribution < 1.29 is 22.7 Å². The van der Waals surface area contributed by atoms with Crippen molar-refractivity contribution in [3.63, 3.8) is 0 Å². The van der Waals surface area contributed by atoms with Crippen LogP contribution in [0.2, 0.25) is 0 Å². The molecule has 27 heavy (non-hydrogen) atoms. The first-order valence-electron chi connectivity index (χ1n) is 8.36. The largest absolute Gasteiger partial charge is 0.480 e. The van der Waals surface area contributed by atoms with Crippen molar-refractivity contribution in [2.24, 2.45) is 0 Å². The molecule has 0 aliphatic heterocycles. The summed E-state index contributed by atoms with van der Waals surface area (Å²) in [6, 6.07) is 11.3. The molecule has 2 aromatic carbocycles. The van der Waals surface area contributed by atoms with Crippen LogP contribution in [0.1, 0.15) is 18.5 Å². The number of carboxylic acids is 1. The van der Waals surface area contributed by atoms with Gasteiger partial charge in [0.25, 0.3) is 0 Å². The highest BCUT2D eigenvalue weighted by atomic mass is 32.2. The molecule has 0 saturated heterocycles. The Balaban J connectivity index is 1.79. The van der Waals surface area contributed by atoms with Gasteiger partial charge in [0.05, 0.1) is 4.90 Å². The summed E-state index contributed by atoms with van der Waals surface area (Å²) in [5, 5.41) is 10.2. The first kappa shape index (κ1) is 19.1. The van der Waals surface area contributed by atoms with Crippen molar-refractivity contribution >= 4 is 26.9 Å². The van der Waals surface area contributed by atoms with Gasteiger partial charge in [-0.25, -0.2) is 22.3 Å². The van der Waals surface area contributed by atoms with Crippen LogP contribution >= 0.6 is 0 Å². The van der Waals surface area contributed by atoms with Crippen LogP contribution in [-0.4, -0.2) is 30.6 Å². The summed E-state index contributed by atoms with van der Waals surface area (Å²) in [6.45, 7) is 1.73. The zero-order chi connectivity index (χ0) is 19.6. The quantitative estimate of drug-likeness (QED) is 0.649. The topological polar surface area (TPSA) is 88.4 Å². The summed E-state index contributed by atoms with van der Waals surface area (Å²) in [4.78, 5) is 11.3. The monoisotopic (exact) mass is 390 g/mol. The van der Waals surface area contributed by atoms with Gasteiger partial charge in [-0.3, -0.25) is 0 Å². The second-order valence-corrected chi connectivity index (χ2v) is 7.96. The Hall–Kier alpha value is -2.71. The first-order valence-corrected chi connectivity index (χ1v) is 9.84. The van der Waals surface area contributed by atoms with E-state index in [0.717, 1.165) is 28.6 Å². The van der Waals surface area contributed by atoms with Gasteiger partial charge in [-0.15, -0.1) is 0 Å². The van der Waals surface area contributed by atoms with Gasteiger partial charge in [-0.1, -0.05) is 18.2 Å². The minimum atomic E-state index is -3.74. The summed E-state index contributed by atoms with van der Waals surface area (Å²) >= 11 is 0. The Morgan fingerprint density at radius 3 is 2.52 bits per heavy atom. The van der Waals surface area contributed by atoms with Gasteiger partial charge >= 0.3 is 5.97 Å². The standard InChI is InChI=1S/C19H19FN2O4S/c1-13(19(23)24)22-12-14(17-4-2-3-5-18(17)22)10-11-21-27(25,26)16-8-6-15(20)7-9-16/h2-9,12-13,21H,10-11H2,1H3,(H,23,24). The summed E-state index contributed by atoms with van der Waals surface area (Å²) in [5.74, 6) is -1.45. The predicted molar refractivity (Wildman–Crippen MR) is 99.6 cm³/mol. The SMILES string of the molecule is CC(C(=O)O)n1cc(CCNS(=O)(=O)c2ccc(F)cc2)c2ccccc21. The highest BCUT2D eigenvalue weighted by Gasteiger charge is 2.18. The summed E-state index contributed by atoms with van der Waals surface area (Å²) in [7, 11) is -3.74. The summed E-state index contributed by atoms with van der Waals surface area (Å²) in [6.07, 6.45) is 2.13. The van der Waals surface area contributed by atoms with Crippen molar-refractivity contribution in [1.29, 1.82) is 0 Å².